The van der Waals surface area contributed by atoms with Crippen LogP contribution in [0.4, 0.5) is 18.9 Å². The zero-order valence-corrected chi connectivity index (χ0v) is 24.1. The van der Waals surface area contributed by atoms with E-state index in [0.29, 0.717) is 46.5 Å². The Morgan fingerprint density at radius 3 is 2.67 bits per heavy atom. The van der Waals surface area contributed by atoms with Crippen molar-refractivity contribution < 1.29 is 18.0 Å². The number of pyridine rings is 1. The molecule has 0 aliphatic carbocycles. The summed E-state index contributed by atoms with van der Waals surface area (Å²) in [7, 11) is 0. The van der Waals surface area contributed by atoms with E-state index >= 15 is 4.39 Å². The second-order valence-corrected chi connectivity index (χ2v) is 11.2. The van der Waals surface area contributed by atoms with Gasteiger partial charge in [0.25, 0.3) is 5.56 Å². The molecule has 6 rings (SSSR count). The van der Waals surface area contributed by atoms with Gasteiger partial charge in [-0.15, -0.1) is 11.3 Å². The summed E-state index contributed by atoms with van der Waals surface area (Å²) in [5.41, 5.74) is 3.14. The number of halogens is 4. The molecule has 1 aliphatic heterocycles. The van der Waals surface area contributed by atoms with Gasteiger partial charge in [-0.2, -0.15) is 13.9 Å². The molecule has 1 aliphatic rings. The van der Waals surface area contributed by atoms with Gasteiger partial charge in [-0.05, 0) is 31.0 Å². The van der Waals surface area contributed by atoms with Crippen LogP contribution in [-0.2, 0) is 4.79 Å². The Kier molecular flexibility index (Phi) is 7.84. The molecule has 1 N–H and O–H groups in total. The van der Waals surface area contributed by atoms with Crippen LogP contribution in [-0.4, -0.2) is 35.2 Å². The number of thiazole rings is 1. The molecule has 220 valence electrons. The third kappa shape index (κ3) is 5.45. The lowest BCUT2D eigenvalue weighted by atomic mass is 9.97. The maximum absolute atomic E-state index is 15.4. The Morgan fingerprint density at radius 2 is 1.93 bits per heavy atom. The number of nitrogens with zero attached hydrogens (tertiary/aromatic N) is 6. The summed E-state index contributed by atoms with van der Waals surface area (Å²) in [6, 6.07) is 6.75. The van der Waals surface area contributed by atoms with E-state index in [-0.39, 0.29) is 33.6 Å². The van der Waals surface area contributed by atoms with Gasteiger partial charge in [0, 0.05) is 40.3 Å². The van der Waals surface area contributed by atoms with Crippen molar-refractivity contribution in [1.29, 1.82) is 0 Å². The van der Waals surface area contributed by atoms with Crippen LogP contribution in [0.1, 0.15) is 44.5 Å². The molecule has 43 heavy (non-hydrogen) atoms. The number of nitrogens with one attached hydrogen (secondary N) is 1. The first-order chi connectivity index (χ1) is 20.7. The number of hydrogen-bond donors (Lipinski definition) is 1. The number of aromatic nitrogens is 6. The van der Waals surface area contributed by atoms with Crippen molar-refractivity contribution in [2.24, 2.45) is 5.92 Å². The second kappa shape index (κ2) is 11.7. The van der Waals surface area contributed by atoms with Gasteiger partial charge < -0.3 is 5.32 Å². The number of alkyl halides is 2. The lowest BCUT2D eigenvalue weighted by Gasteiger charge is -2.22. The zero-order chi connectivity index (χ0) is 30.2. The van der Waals surface area contributed by atoms with Crippen molar-refractivity contribution >= 4 is 34.5 Å². The van der Waals surface area contributed by atoms with E-state index in [2.05, 4.69) is 25.4 Å². The first-order valence-corrected chi connectivity index (χ1v) is 14.6. The molecule has 0 radical (unpaired) electrons. The van der Waals surface area contributed by atoms with Crippen molar-refractivity contribution in [2.75, 3.05) is 5.32 Å². The van der Waals surface area contributed by atoms with Crippen molar-refractivity contribution in [3.8, 4) is 33.8 Å². The van der Waals surface area contributed by atoms with E-state index in [1.54, 1.807) is 29.9 Å². The van der Waals surface area contributed by atoms with E-state index in [4.69, 9.17) is 11.6 Å². The van der Waals surface area contributed by atoms with Crippen LogP contribution in [0, 0.1) is 11.7 Å². The largest absolute Gasteiger partial charge is 0.333 e. The second-order valence-electron chi connectivity index (χ2n) is 10.1. The van der Waals surface area contributed by atoms with Crippen LogP contribution in [0.25, 0.3) is 33.8 Å². The zero-order valence-electron chi connectivity index (χ0n) is 22.5. The van der Waals surface area contributed by atoms with E-state index < -0.39 is 29.9 Å². The summed E-state index contributed by atoms with van der Waals surface area (Å²) >= 11 is 7.44. The number of rotatable bonds is 4. The molecule has 0 saturated carbocycles. The third-order valence-corrected chi connectivity index (χ3v) is 8.31. The summed E-state index contributed by atoms with van der Waals surface area (Å²) in [5, 5.41) is 8.15. The number of fused-ring (bicyclic) bond motifs is 4. The minimum absolute atomic E-state index is 0.0188. The predicted molar refractivity (Wildman–Crippen MR) is 157 cm³/mol. The average molecular weight is 626 g/mol. The van der Waals surface area contributed by atoms with Crippen molar-refractivity contribution in [2.45, 2.75) is 38.8 Å². The predicted octanol–water partition coefficient (Wildman–Crippen LogP) is 6.83. The average Bonchev–Trinajstić information content (AvgIpc) is 3.67. The van der Waals surface area contributed by atoms with Crippen molar-refractivity contribution in [3.63, 3.8) is 0 Å². The lowest BCUT2D eigenvalue weighted by molar-refractivity contribution is -0.119. The number of carbonyl (C=O) groups excluding carboxylic acids is 1. The fourth-order valence-electron chi connectivity index (χ4n) is 5.24. The smallest absolute Gasteiger partial charge is 0.323 e. The fourth-order valence-corrected chi connectivity index (χ4v) is 5.95. The first kappa shape index (κ1) is 28.7. The minimum Gasteiger partial charge on any atom is -0.323 e. The molecule has 0 fully saturated rings. The van der Waals surface area contributed by atoms with Gasteiger partial charge in [-0.3, -0.25) is 19.1 Å². The maximum Gasteiger partial charge on any atom is 0.333 e. The molecule has 4 aromatic heterocycles. The molecular weight excluding hydrogens is 603 g/mol. The molecule has 5 heterocycles. The van der Waals surface area contributed by atoms with Gasteiger partial charge in [0.15, 0.2) is 5.82 Å². The molecule has 0 saturated heterocycles. The monoisotopic (exact) mass is 625 g/mol. The maximum atomic E-state index is 15.4. The van der Waals surface area contributed by atoms with Crippen LogP contribution in [0.5, 0.6) is 0 Å². The van der Waals surface area contributed by atoms with Crippen LogP contribution in [0.2, 0.25) is 5.02 Å². The molecular formula is C29H23ClF3N7O2S. The summed E-state index contributed by atoms with van der Waals surface area (Å²) in [6.07, 6.45) is 5.36. The van der Waals surface area contributed by atoms with Gasteiger partial charge >= 0.3 is 6.55 Å². The van der Waals surface area contributed by atoms with E-state index in [9.17, 15) is 18.4 Å². The highest BCUT2D eigenvalue weighted by Crippen LogP contribution is 2.37. The van der Waals surface area contributed by atoms with Crippen molar-refractivity contribution in [3.05, 3.63) is 86.8 Å². The molecule has 1 amide bonds. The Balaban J connectivity index is 1.47. The SMILES string of the molecule is C[C@@H]1CCC[C@H](n2cnc(-c3c(-c4cscn4)ccc(Cl)c3F)cc2=O)c2cc(ccn2)-c2c(cnn2C(F)F)NC1=O. The fraction of sp³-hybridized carbons (Fsp3) is 0.241. The Morgan fingerprint density at radius 1 is 1.09 bits per heavy atom. The van der Waals surface area contributed by atoms with E-state index in [0.717, 1.165) is 0 Å². The normalized spacial score (nSPS) is 17.2. The standard InChI is InChI=1S/C29H23ClF3N7O2S/c1-15-3-2-4-23(19-9-16(7-8-34-19)27-21(38-28(15)42)11-37-40(27)29(32)33)39-13-35-20(10-24(39)41)25-17(22-12-43-14-36-22)5-6-18(30)26(25)31/h5-15,23,29H,2-4H2,1H3,(H,38,42)/t15-,23+/m1/s1. The Hall–Kier alpha value is -4.36. The molecule has 2 bridgehead atoms. The highest BCUT2D eigenvalue weighted by Gasteiger charge is 2.26. The van der Waals surface area contributed by atoms with Gasteiger partial charge in [0.2, 0.25) is 5.91 Å². The number of hydrogen-bond acceptors (Lipinski definition) is 7. The molecule has 14 heteroatoms. The molecule has 0 spiro atoms. The Bertz CT molecular complexity index is 1880. The van der Waals surface area contributed by atoms with Gasteiger partial charge in [0.1, 0.15) is 0 Å². The van der Waals surface area contributed by atoms with Gasteiger partial charge in [0.05, 0.1) is 57.6 Å². The molecule has 1 aromatic carbocycles. The summed E-state index contributed by atoms with van der Waals surface area (Å²) in [5.74, 6) is -1.50. The van der Waals surface area contributed by atoms with Gasteiger partial charge in [-0.25, -0.2) is 19.0 Å². The van der Waals surface area contributed by atoms with Crippen molar-refractivity contribution in [1.82, 2.24) is 29.3 Å². The number of carbonyl (C=O) groups is 1. The molecule has 0 unspecified atom stereocenters. The molecule has 5 aromatic rings. The highest BCUT2D eigenvalue weighted by molar-refractivity contribution is 7.07. The van der Waals surface area contributed by atoms with Crippen LogP contribution >= 0.6 is 22.9 Å². The quantitative estimate of drug-likeness (QED) is 0.235. The number of amides is 1. The van der Waals surface area contributed by atoms with E-state index in [1.807, 2.05) is 0 Å². The first-order valence-electron chi connectivity index (χ1n) is 13.3. The molecule has 9 nitrogen and oxygen atoms in total. The molecule has 2 atom stereocenters. The topological polar surface area (TPSA) is 108 Å². The van der Waals surface area contributed by atoms with Crippen LogP contribution in [0.3, 0.4) is 0 Å². The van der Waals surface area contributed by atoms with E-state index in [1.165, 1.54) is 52.8 Å². The van der Waals surface area contributed by atoms with Crippen LogP contribution in [0.15, 0.2) is 64.7 Å². The van der Waals surface area contributed by atoms with Gasteiger partial charge in [-0.1, -0.05) is 31.0 Å². The third-order valence-electron chi connectivity index (χ3n) is 7.43. The summed E-state index contributed by atoms with van der Waals surface area (Å²) < 4.78 is 45.1. The highest BCUT2D eigenvalue weighted by atomic mass is 35.5. The lowest BCUT2D eigenvalue weighted by Crippen LogP contribution is -2.27. The van der Waals surface area contributed by atoms with Crippen LogP contribution < -0.4 is 10.9 Å². The number of benzene rings is 1. The summed E-state index contributed by atoms with van der Waals surface area (Å²) in [6.45, 7) is -1.22. The minimum atomic E-state index is -2.96. The summed E-state index contributed by atoms with van der Waals surface area (Å²) in [4.78, 5) is 39.7. The Labute approximate surface area is 252 Å². The number of anilines is 1.